The molecule has 1 aliphatic heterocycles. The van der Waals surface area contributed by atoms with Gasteiger partial charge in [-0.15, -0.1) is 0 Å². The molecule has 3 rings (SSSR count). The Morgan fingerprint density at radius 1 is 1.41 bits per heavy atom. The van der Waals surface area contributed by atoms with Crippen molar-refractivity contribution in [1.82, 2.24) is 10.3 Å². The molecule has 0 aliphatic carbocycles. The predicted molar refractivity (Wildman–Crippen MR) is 89.0 cm³/mol. The molecule has 1 saturated heterocycles. The lowest BCUT2D eigenvalue weighted by atomic mass is 10.2. The normalized spacial score (nSPS) is 19.2. The summed E-state index contributed by atoms with van der Waals surface area (Å²) in [6.45, 7) is 3.33. The SMILES string of the molecule is C[C@H](Sc1ccc2ccccc2n1)C(=O)NC[C@H]1CCCO1. The Kier molecular flexibility index (Phi) is 4.95. The van der Waals surface area contributed by atoms with Gasteiger partial charge in [0.05, 0.1) is 21.9 Å². The van der Waals surface area contributed by atoms with Crippen LogP contribution in [0.25, 0.3) is 10.9 Å². The van der Waals surface area contributed by atoms with Gasteiger partial charge in [0.15, 0.2) is 0 Å². The average molecular weight is 316 g/mol. The van der Waals surface area contributed by atoms with Crippen LogP contribution in [0, 0.1) is 0 Å². The molecule has 0 bridgehead atoms. The van der Waals surface area contributed by atoms with Crippen LogP contribution < -0.4 is 5.32 Å². The second-order valence-electron chi connectivity index (χ2n) is 5.48. The third kappa shape index (κ3) is 3.78. The van der Waals surface area contributed by atoms with Crippen molar-refractivity contribution >= 4 is 28.6 Å². The van der Waals surface area contributed by atoms with Crippen molar-refractivity contribution in [3.63, 3.8) is 0 Å². The second kappa shape index (κ2) is 7.11. The van der Waals surface area contributed by atoms with E-state index in [-0.39, 0.29) is 17.3 Å². The third-order valence-corrected chi connectivity index (χ3v) is 4.80. The molecule has 1 fully saturated rings. The van der Waals surface area contributed by atoms with Gasteiger partial charge in [-0.25, -0.2) is 4.98 Å². The zero-order chi connectivity index (χ0) is 15.4. The minimum absolute atomic E-state index is 0.0375. The number of carbonyl (C=O) groups excluding carboxylic acids is 1. The molecule has 0 unspecified atom stereocenters. The van der Waals surface area contributed by atoms with E-state index < -0.39 is 0 Å². The van der Waals surface area contributed by atoms with Gasteiger partial charge in [-0.05, 0) is 31.9 Å². The number of aromatic nitrogens is 1. The molecule has 1 amide bonds. The number of hydrogen-bond donors (Lipinski definition) is 1. The van der Waals surface area contributed by atoms with Crippen LogP contribution in [0.5, 0.6) is 0 Å². The van der Waals surface area contributed by atoms with Crippen molar-refractivity contribution in [3.05, 3.63) is 36.4 Å². The van der Waals surface area contributed by atoms with Crippen molar-refractivity contribution < 1.29 is 9.53 Å². The van der Waals surface area contributed by atoms with Crippen molar-refractivity contribution in [2.75, 3.05) is 13.2 Å². The van der Waals surface area contributed by atoms with Gasteiger partial charge < -0.3 is 10.1 Å². The van der Waals surface area contributed by atoms with Crippen molar-refractivity contribution in [1.29, 1.82) is 0 Å². The van der Waals surface area contributed by atoms with Gasteiger partial charge >= 0.3 is 0 Å². The maximum atomic E-state index is 12.2. The van der Waals surface area contributed by atoms with E-state index in [4.69, 9.17) is 4.74 Å². The molecule has 1 aromatic heterocycles. The number of fused-ring (bicyclic) bond motifs is 1. The minimum Gasteiger partial charge on any atom is -0.376 e. The van der Waals surface area contributed by atoms with Crippen LogP contribution in [0.15, 0.2) is 41.4 Å². The molecular formula is C17H20N2O2S. The highest BCUT2D eigenvalue weighted by atomic mass is 32.2. The number of carbonyl (C=O) groups is 1. The number of thioether (sulfide) groups is 1. The number of nitrogens with zero attached hydrogens (tertiary/aromatic N) is 1. The molecule has 0 radical (unpaired) electrons. The fourth-order valence-electron chi connectivity index (χ4n) is 2.51. The van der Waals surface area contributed by atoms with Crippen LogP contribution in [0.4, 0.5) is 0 Å². The van der Waals surface area contributed by atoms with Gasteiger partial charge in [0, 0.05) is 18.5 Å². The van der Waals surface area contributed by atoms with E-state index in [0.717, 1.165) is 35.4 Å². The summed E-state index contributed by atoms with van der Waals surface area (Å²) in [6.07, 6.45) is 2.31. The summed E-state index contributed by atoms with van der Waals surface area (Å²) in [5, 5.41) is 4.78. The molecule has 116 valence electrons. The van der Waals surface area contributed by atoms with Crippen LogP contribution in [0.2, 0.25) is 0 Å². The van der Waals surface area contributed by atoms with Crippen LogP contribution in [0.1, 0.15) is 19.8 Å². The standard InChI is InChI=1S/C17H20N2O2S/c1-12(17(20)18-11-14-6-4-10-21-14)22-16-9-8-13-5-2-3-7-15(13)19-16/h2-3,5,7-9,12,14H,4,6,10-11H2,1H3,(H,18,20)/t12-,14+/m0/s1. The fraction of sp³-hybridized carbons (Fsp3) is 0.412. The van der Waals surface area contributed by atoms with Gasteiger partial charge in [0.2, 0.25) is 5.91 Å². The minimum atomic E-state index is -0.171. The van der Waals surface area contributed by atoms with Crippen LogP contribution >= 0.6 is 11.8 Å². The van der Waals surface area contributed by atoms with Crippen LogP contribution in [-0.2, 0) is 9.53 Å². The Morgan fingerprint density at radius 2 is 2.27 bits per heavy atom. The Hall–Kier alpha value is -1.59. The zero-order valence-corrected chi connectivity index (χ0v) is 13.4. The summed E-state index contributed by atoms with van der Waals surface area (Å²) in [5.74, 6) is 0.0375. The van der Waals surface area contributed by atoms with E-state index in [9.17, 15) is 4.79 Å². The van der Waals surface area contributed by atoms with Crippen LogP contribution in [-0.4, -0.2) is 35.4 Å². The summed E-state index contributed by atoms with van der Waals surface area (Å²) in [7, 11) is 0. The lowest BCUT2D eigenvalue weighted by Gasteiger charge is -2.14. The van der Waals surface area contributed by atoms with Gasteiger partial charge in [-0.2, -0.15) is 0 Å². The number of amides is 1. The molecule has 2 aromatic rings. The molecule has 1 aliphatic rings. The molecule has 0 saturated carbocycles. The largest absolute Gasteiger partial charge is 0.376 e. The summed E-state index contributed by atoms with van der Waals surface area (Å²) < 4.78 is 5.52. The first-order chi connectivity index (χ1) is 10.7. The lowest BCUT2D eigenvalue weighted by Crippen LogP contribution is -2.36. The molecule has 2 heterocycles. The van der Waals surface area contributed by atoms with E-state index >= 15 is 0 Å². The van der Waals surface area contributed by atoms with Crippen molar-refractivity contribution in [2.24, 2.45) is 0 Å². The highest BCUT2D eigenvalue weighted by Crippen LogP contribution is 2.24. The molecule has 2 atom stereocenters. The first-order valence-electron chi connectivity index (χ1n) is 7.64. The summed E-state index contributed by atoms with van der Waals surface area (Å²) >= 11 is 1.49. The molecule has 4 nitrogen and oxygen atoms in total. The average Bonchev–Trinajstić information content (AvgIpc) is 3.06. The van der Waals surface area contributed by atoms with E-state index in [1.54, 1.807) is 0 Å². The van der Waals surface area contributed by atoms with Crippen molar-refractivity contribution in [3.8, 4) is 0 Å². The second-order valence-corrected chi connectivity index (χ2v) is 6.84. The quantitative estimate of drug-likeness (QED) is 0.862. The summed E-state index contributed by atoms with van der Waals surface area (Å²) in [6, 6.07) is 12.0. The highest BCUT2D eigenvalue weighted by Gasteiger charge is 2.19. The number of nitrogens with one attached hydrogen (secondary N) is 1. The van der Waals surface area contributed by atoms with E-state index in [0.29, 0.717) is 6.54 Å². The highest BCUT2D eigenvalue weighted by molar-refractivity contribution is 8.00. The van der Waals surface area contributed by atoms with Crippen LogP contribution in [0.3, 0.4) is 0 Å². The topological polar surface area (TPSA) is 51.2 Å². The monoisotopic (exact) mass is 316 g/mol. The van der Waals surface area contributed by atoms with E-state index in [1.807, 2.05) is 43.3 Å². The number of benzene rings is 1. The fourth-order valence-corrected chi connectivity index (χ4v) is 3.36. The Balaban J connectivity index is 1.57. The molecule has 1 aromatic carbocycles. The molecular weight excluding hydrogens is 296 g/mol. The Morgan fingerprint density at radius 3 is 3.09 bits per heavy atom. The Labute approximate surface area is 134 Å². The summed E-state index contributed by atoms with van der Waals surface area (Å²) in [5.41, 5.74) is 0.958. The number of rotatable bonds is 5. The number of para-hydroxylation sites is 1. The maximum absolute atomic E-state index is 12.2. The smallest absolute Gasteiger partial charge is 0.233 e. The molecule has 22 heavy (non-hydrogen) atoms. The maximum Gasteiger partial charge on any atom is 0.233 e. The first-order valence-corrected chi connectivity index (χ1v) is 8.52. The predicted octanol–water partition coefficient (Wildman–Crippen LogP) is 3.01. The Bertz CT molecular complexity index is 656. The first kappa shape index (κ1) is 15.3. The van der Waals surface area contributed by atoms with Gasteiger partial charge in [0.25, 0.3) is 0 Å². The van der Waals surface area contributed by atoms with Crippen molar-refractivity contribution in [2.45, 2.75) is 36.1 Å². The number of ether oxygens (including phenoxy) is 1. The van der Waals surface area contributed by atoms with Gasteiger partial charge in [-0.1, -0.05) is 36.0 Å². The number of pyridine rings is 1. The molecule has 1 N–H and O–H groups in total. The van der Waals surface area contributed by atoms with Gasteiger partial charge in [0.1, 0.15) is 0 Å². The van der Waals surface area contributed by atoms with E-state index in [1.165, 1.54) is 11.8 Å². The lowest BCUT2D eigenvalue weighted by molar-refractivity contribution is -0.120. The number of hydrogen-bond acceptors (Lipinski definition) is 4. The summed E-state index contributed by atoms with van der Waals surface area (Å²) in [4.78, 5) is 16.7. The zero-order valence-electron chi connectivity index (χ0n) is 12.6. The third-order valence-electron chi connectivity index (χ3n) is 3.77. The molecule has 0 spiro atoms. The van der Waals surface area contributed by atoms with E-state index in [2.05, 4.69) is 10.3 Å². The van der Waals surface area contributed by atoms with Gasteiger partial charge in [-0.3, -0.25) is 4.79 Å². The molecule has 5 heteroatoms.